The first-order chi connectivity index (χ1) is 9.33. The molecule has 0 unspecified atom stereocenters. The molecule has 0 spiro atoms. The van der Waals surface area contributed by atoms with E-state index in [0.717, 1.165) is 29.3 Å². The number of nitrogens with one attached hydrogen (secondary N) is 2. The van der Waals surface area contributed by atoms with Gasteiger partial charge in [-0.15, -0.1) is 10.2 Å². The predicted molar refractivity (Wildman–Crippen MR) is 72.4 cm³/mol. The Kier molecular flexibility index (Phi) is 2.97. The van der Waals surface area contributed by atoms with Crippen molar-refractivity contribution >= 4 is 5.69 Å². The van der Waals surface area contributed by atoms with Gasteiger partial charge in [0, 0.05) is 24.5 Å². The molecule has 6 nitrogen and oxygen atoms in total. The van der Waals surface area contributed by atoms with Crippen molar-refractivity contribution in [3.05, 3.63) is 48.8 Å². The number of hydrogen-bond donors (Lipinski definition) is 2. The van der Waals surface area contributed by atoms with Gasteiger partial charge < -0.3 is 14.9 Å². The fraction of sp³-hybridized carbons (Fsp3) is 0.154. The van der Waals surface area contributed by atoms with E-state index >= 15 is 0 Å². The molecule has 2 heterocycles. The van der Waals surface area contributed by atoms with Gasteiger partial charge in [0.25, 0.3) is 0 Å². The van der Waals surface area contributed by atoms with Gasteiger partial charge in [-0.3, -0.25) is 0 Å². The third kappa shape index (κ3) is 2.47. The molecule has 0 bridgehead atoms. The Bertz CT molecular complexity index is 638. The van der Waals surface area contributed by atoms with Gasteiger partial charge in [0.15, 0.2) is 5.82 Å². The molecule has 0 radical (unpaired) electrons. The zero-order chi connectivity index (χ0) is 13.1. The highest BCUT2D eigenvalue weighted by atomic mass is 15.2. The van der Waals surface area contributed by atoms with E-state index in [2.05, 4.69) is 25.5 Å². The number of nitrogens with zero attached hydrogens (tertiary/aromatic N) is 4. The van der Waals surface area contributed by atoms with Crippen molar-refractivity contribution in [1.82, 2.24) is 24.7 Å². The van der Waals surface area contributed by atoms with E-state index in [1.165, 1.54) is 0 Å². The van der Waals surface area contributed by atoms with E-state index in [1.807, 2.05) is 35.9 Å². The highest BCUT2D eigenvalue weighted by molar-refractivity contribution is 5.59. The van der Waals surface area contributed by atoms with Crippen LogP contribution in [0.5, 0.6) is 0 Å². The van der Waals surface area contributed by atoms with Crippen LogP contribution in [0.4, 0.5) is 5.69 Å². The van der Waals surface area contributed by atoms with E-state index in [0.29, 0.717) is 0 Å². The molecule has 19 heavy (non-hydrogen) atoms. The molecule has 2 aromatic heterocycles. The van der Waals surface area contributed by atoms with Crippen molar-refractivity contribution in [2.24, 2.45) is 7.05 Å². The summed E-state index contributed by atoms with van der Waals surface area (Å²) in [6.07, 6.45) is 5.18. The summed E-state index contributed by atoms with van der Waals surface area (Å²) in [6, 6.07) is 8.11. The Morgan fingerprint density at radius 2 is 2.11 bits per heavy atom. The fourth-order valence-corrected chi connectivity index (χ4v) is 1.86. The van der Waals surface area contributed by atoms with Crippen LogP contribution in [-0.2, 0) is 13.6 Å². The third-order valence-corrected chi connectivity index (χ3v) is 2.89. The number of hydrogen-bond acceptors (Lipinski definition) is 4. The van der Waals surface area contributed by atoms with Crippen LogP contribution in [-0.4, -0.2) is 24.7 Å². The Labute approximate surface area is 110 Å². The minimum absolute atomic E-state index is 0.726. The molecule has 0 atom stereocenters. The van der Waals surface area contributed by atoms with Gasteiger partial charge in [-0.05, 0) is 24.3 Å². The van der Waals surface area contributed by atoms with Gasteiger partial charge >= 0.3 is 0 Å². The van der Waals surface area contributed by atoms with Gasteiger partial charge in [-0.25, -0.2) is 4.98 Å². The van der Waals surface area contributed by atoms with E-state index in [1.54, 1.807) is 18.9 Å². The minimum Gasteiger partial charge on any atom is -0.379 e. The number of rotatable bonds is 4. The number of aromatic amines is 1. The number of aromatic nitrogens is 5. The maximum absolute atomic E-state index is 4.08. The molecule has 0 saturated carbocycles. The summed E-state index contributed by atoms with van der Waals surface area (Å²) in [5.74, 6) is 0.861. The fourth-order valence-electron chi connectivity index (χ4n) is 1.86. The minimum atomic E-state index is 0.726. The van der Waals surface area contributed by atoms with Crippen molar-refractivity contribution in [1.29, 1.82) is 0 Å². The van der Waals surface area contributed by atoms with Crippen molar-refractivity contribution in [2.75, 3.05) is 5.32 Å². The lowest BCUT2D eigenvalue weighted by Crippen LogP contribution is -1.99. The molecule has 0 aliphatic rings. The first kappa shape index (κ1) is 11.5. The predicted octanol–water partition coefficient (Wildman–Crippen LogP) is 1.82. The Morgan fingerprint density at radius 3 is 2.74 bits per heavy atom. The summed E-state index contributed by atoms with van der Waals surface area (Å²) in [5.41, 5.74) is 3.16. The van der Waals surface area contributed by atoms with Crippen molar-refractivity contribution in [3.63, 3.8) is 0 Å². The lowest BCUT2D eigenvalue weighted by atomic mass is 10.2. The van der Waals surface area contributed by atoms with Crippen LogP contribution in [0.15, 0.2) is 43.1 Å². The molecule has 0 amide bonds. The molecule has 0 fully saturated rings. The topological polar surface area (TPSA) is 71.4 Å². The number of benzene rings is 1. The second-order valence-electron chi connectivity index (χ2n) is 4.27. The average molecular weight is 254 g/mol. The van der Waals surface area contributed by atoms with E-state index in [-0.39, 0.29) is 0 Å². The number of H-pyrrole nitrogens is 1. The molecule has 3 rings (SSSR count). The Balaban J connectivity index is 1.71. The highest BCUT2D eigenvalue weighted by Gasteiger charge is 2.03. The molecule has 3 aromatic rings. The smallest absolute Gasteiger partial charge is 0.163 e. The number of aryl methyl sites for hydroxylation is 1. The summed E-state index contributed by atoms with van der Waals surface area (Å²) in [4.78, 5) is 7.03. The summed E-state index contributed by atoms with van der Waals surface area (Å²) in [7, 11) is 1.93. The molecule has 96 valence electrons. The number of anilines is 1. The van der Waals surface area contributed by atoms with Crippen LogP contribution >= 0.6 is 0 Å². The summed E-state index contributed by atoms with van der Waals surface area (Å²) >= 11 is 0. The quantitative estimate of drug-likeness (QED) is 0.745. The van der Waals surface area contributed by atoms with Crippen LogP contribution in [0, 0.1) is 0 Å². The first-order valence-electron chi connectivity index (χ1n) is 5.98. The zero-order valence-electron chi connectivity index (χ0n) is 10.5. The second-order valence-corrected chi connectivity index (χ2v) is 4.27. The summed E-state index contributed by atoms with van der Waals surface area (Å²) in [6.45, 7) is 0.726. The average Bonchev–Trinajstić information content (AvgIpc) is 3.08. The van der Waals surface area contributed by atoms with E-state index < -0.39 is 0 Å². The van der Waals surface area contributed by atoms with Gasteiger partial charge in [0.2, 0.25) is 0 Å². The van der Waals surface area contributed by atoms with Crippen LogP contribution in [0.3, 0.4) is 0 Å². The molecule has 6 heteroatoms. The molecular formula is C13H14N6. The molecule has 0 aliphatic carbocycles. The van der Waals surface area contributed by atoms with Gasteiger partial charge in [-0.1, -0.05) is 0 Å². The summed E-state index contributed by atoms with van der Waals surface area (Å²) < 4.78 is 1.90. The van der Waals surface area contributed by atoms with Crippen LogP contribution in [0.1, 0.15) is 5.69 Å². The highest BCUT2D eigenvalue weighted by Crippen LogP contribution is 2.18. The van der Waals surface area contributed by atoms with E-state index in [9.17, 15) is 0 Å². The van der Waals surface area contributed by atoms with Gasteiger partial charge in [-0.2, -0.15) is 0 Å². The summed E-state index contributed by atoms with van der Waals surface area (Å²) in [5, 5.41) is 11.3. The van der Waals surface area contributed by atoms with Crippen LogP contribution < -0.4 is 5.32 Å². The molecule has 1 aromatic carbocycles. The second kappa shape index (κ2) is 4.93. The lowest BCUT2D eigenvalue weighted by molar-refractivity contribution is 0.920. The first-order valence-corrected chi connectivity index (χ1v) is 5.98. The Morgan fingerprint density at radius 1 is 1.26 bits per heavy atom. The van der Waals surface area contributed by atoms with Crippen LogP contribution in [0.25, 0.3) is 11.4 Å². The molecular weight excluding hydrogens is 240 g/mol. The normalized spacial score (nSPS) is 10.6. The van der Waals surface area contributed by atoms with Crippen LogP contribution in [0.2, 0.25) is 0 Å². The lowest BCUT2D eigenvalue weighted by Gasteiger charge is -2.06. The largest absolute Gasteiger partial charge is 0.379 e. The maximum Gasteiger partial charge on any atom is 0.163 e. The van der Waals surface area contributed by atoms with Crippen molar-refractivity contribution in [2.45, 2.75) is 6.54 Å². The molecule has 2 N–H and O–H groups in total. The maximum atomic E-state index is 4.08. The monoisotopic (exact) mass is 254 g/mol. The van der Waals surface area contributed by atoms with Crippen molar-refractivity contribution in [3.8, 4) is 11.4 Å². The SMILES string of the molecule is Cn1cnnc1-c1ccc(NCc2cnc[nH]2)cc1. The third-order valence-electron chi connectivity index (χ3n) is 2.89. The van der Waals surface area contributed by atoms with Gasteiger partial charge in [0.05, 0.1) is 18.6 Å². The van der Waals surface area contributed by atoms with Gasteiger partial charge in [0.1, 0.15) is 6.33 Å². The molecule has 0 saturated heterocycles. The van der Waals surface area contributed by atoms with Crippen molar-refractivity contribution < 1.29 is 0 Å². The standard InChI is InChI=1S/C13H14N6/c1-19-9-17-18-13(19)10-2-4-11(5-3-10)15-7-12-6-14-8-16-12/h2-6,8-9,15H,7H2,1H3,(H,14,16). The molecule has 0 aliphatic heterocycles. The zero-order valence-corrected chi connectivity index (χ0v) is 10.5. The van der Waals surface area contributed by atoms with E-state index in [4.69, 9.17) is 0 Å². The number of imidazole rings is 1. The Hall–Kier alpha value is -2.63.